The molecule has 1 aliphatic rings. The molecule has 0 aliphatic carbocycles. The van der Waals surface area contributed by atoms with E-state index in [2.05, 4.69) is 35.6 Å². The molecule has 1 aromatic carbocycles. The van der Waals surface area contributed by atoms with Gasteiger partial charge in [-0.2, -0.15) is 0 Å². The smallest absolute Gasteiger partial charge is 0.0587 e. The topological polar surface area (TPSA) is 21.3 Å². The summed E-state index contributed by atoms with van der Waals surface area (Å²) in [6.45, 7) is 3.18. The molecule has 1 N–H and O–H groups in total. The normalized spacial score (nSPS) is 19.9. The molecule has 2 heteroatoms. The van der Waals surface area contributed by atoms with Crippen molar-refractivity contribution in [1.82, 2.24) is 5.32 Å². The number of aryl methyl sites for hydroxylation is 1. The highest BCUT2D eigenvalue weighted by Gasteiger charge is 2.12. The molecule has 0 bridgehead atoms. The van der Waals surface area contributed by atoms with Crippen LogP contribution in [0, 0.1) is 0 Å². The highest BCUT2D eigenvalue weighted by molar-refractivity contribution is 5.14. The summed E-state index contributed by atoms with van der Waals surface area (Å²) < 4.78 is 5.71. The SMILES string of the molecule is c1ccc(CCCNCCC2CCCCO2)cc1. The first kappa shape index (κ1) is 13.6. The van der Waals surface area contributed by atoms with Crippen molar-refractivity contribution in [2.75, 3.05) is 19.7 Å². The number of hydrogen-bond donors (Lipinski definition) is 1. The summed E-state index contributed by atoms with van der Waals surface area (Å²) in [5.74, 6) is 0. The van der Waals surface area contributed by atoms with Crippen LogP contribution < -0.4 is 5.32 Å². The van der Waals surface area contributed by atoms with Crippen molar-refractivity contribution in [3.63, 3.8) is 0 Å². The second-order valence-electron chi connectivity index (χ2n) is 5.12. The Bertz CT molecular complexity index is 306. The Morgan fingerprint density at radius 3 is 2.78 bits per heavy atom. The van der Waals surface area contributed by atoms with Gasteiger partial charge in [0.25, 0.3) is 0 Å². The van der Waals surface area contributed by atoms with Gasteiger partial charge in [0.15, 0.2) is 0 Å². The van der Waals surface area contributed by atoms with Gasteiger partial charge in [0.05, 0.1) is 6.10 Å². The van der Waals surface area contributed by atoms with Gasteiger partial charge < -0.3 is 10.1 Å². The minimum Gasteiger partial charge on any atom is -0.378 e. The van der Waals surface area contributed by atoms with Crippen LogP contribution in [0.25, 0.3) is 0 Å². The fraction of sp³-hybridized carbons (Fsp3) is 0.625. The molecule has 100 valence electrons. The second-order valence-corrected chi connectivity index (χ2v) is 5.12. The van der Waals surface area contributed by atoms with Gasteiger partial charge in [-0.05, 0) is 57.2 Å². The second kappa shape index (κ2) is 8.28. The molecule has 0 amide bonds. The fourth-order valence-corrected chi connectivity index (χ4v) is 2.49. The molecule has 0 saturated carbocycles. The van der Waals surface area contributed by atoms with E-state index in [9.17, 15) is 0 Å². The van der Waals surface area contributed by atoms with Crippen molar-refractivity contribution in [2.45, 2.75) is 44.6 Å². The highest BCUT2D eigenvalue weighted by Crippen LogP contribution is 2.14. The number of benzene rings is 1. The van der Waals surface area contributed by atoms with Gasteiger partial charge >= 0.3 is 0 Å². The van der Waals surface area contributed by atoms with E-state index in [0.717, 1.165) is 19.7 Å². The van der Waals surface area contributed by atoms with Crippen molar-refractivity contribution >= 4 is 0 Å². The summed E-state index contributed by atoms with van der Waals surface area (Å²) >= 11 is 0. The lowest BCUT2D eigenvalue weighted by molar-refractivity contribution is 0.0116. The monoisotopic (exact) mass is 247 g/mol. The van der Waals surface area contributed by atoms with Crippen LogP contribution in [0.5, 0.6) is 0 Å². The predicted molar refractivity (Wildman–Crippen MR) is 75.8 cm³/mol. The molecular formula is C16H25NO. The van der Waals surface area contributed by atoms with E-state index in [-0.39, 0.29) is 0 Å². The van der Waals surface area contributed by atoms with E-state index >= 15 is 0 Å². The van der Waals surface area contributed by atoms with Crippen LogP contribution in [0.15, 0.2) is 30.3 Å². The van der Waals surface area contributed by atoms with E-state index in [4.69, 9.17) is 4.74 Å². The molecule has 2 nitrogen and oxygen atoms in total. The first-order chi connectivity index (χ1) is 8.95. The lowest BCUT2D eigenvalue weighted by atomic mass is 10.1. The van der Waals surface area contributed by atoms with Crippen LogP contribution in [0.3, 0.4) is 0 Å². The maximum Gasteiger partial charge on any atom is 0.0587 e. The first-order valence-electron chi connectivity index (χ1n) is 7.31. The molecule has 1 heterocycles. The van der Waals surface area contributed by atoms with Gasteiger partial charge in [0, 0.05) is 6.61 Å². The van der Waals surface area contributed by atoms with E-state index < -0.39 is 0 Å². The van der Waals surface area contributed by atoms with Crippen molar-refractivity contribution in [1.29, 1.82) is 0 Å². The summed E-state index contributed by atoms with van der Waals surface area (Å²) in [4.78, 5) is 0. The summed E-state index contributed by atoms with van der Waals surface area (Å²) in [5.41, 5.74) is 1.44. The Morgan fingerprint density at radius 1 is 1.11 bits per heavy atom. The number of hydrogen-bond acceptors (Lipinski definition) is 2. The van der Waals surface area contributed by atoms with Crippen LogP contribution in [0.2, 0.25) is 0 Å². The zero-order valence-corrected chi connectivity index (χ0v) is 11.2. The van der Waals surface area contributed by atoms with Crippen LogP contribution in [-0.2, 0) is 11.2 Å². The third kappa shape index (κ3) is 5.19. The predicted octanol–water partition coefficient (Wildman–Crippen LogP) is 3.17. The van der Waals surface area contributed by atoms with Crippen LogP contribution in [0.1, 0.15) is 37.7 Å². The zero-order chi connectivity index (χ0) is 12.5. The molecule has 1 saturated heterocycles. The van der Waals surface area contributed by atoms with Gasteiger partial charge in [0.2, 0.25) is 0 Å². The molecule has 18 heavy (non-hydrogen) atoms. The molecule has 1 unspecified atom stereocenters. The van der Waals surface area contributed by atoms with Crippen LogP contribution >= 0.6 is 0 Å². The average Bonchev–Trinajstić information content (AvgIpc) is 2.45. The van der Waals surface area contributed by atoms with Crippen molar-refractivity contribution in [2.24, 2.45) is 0 Å². The van der Waals surface area contributed by atoms with Gasteiger partial charge in [-0.25, -0.2) is 0 Å². The van der Waals surface area contributed by atoms with Crippen molar-refractivity contribution in [3.8, 4) is 0 Å². The standard InChI is InChI=1S/C16H25NO/c1-2-7-15(8-3-1)9-6-12-17-13-11-16-10-4-5-14-18-16/h1-3,7-8,16-17H,4-6,9-14H2. The lowest BCUT2D eigenvalue weighted by Crippen LogP contribution is -2.26. The number of ether oxygens (including phenoxy) is 1. The summed E-state index contributed by atoms with van der Waals surface area (Å²) in [6, 6.07) is 10.7. The molecule has 0 radical (unpaired) electrons. The van der Waals surface area contributed by atoms with Crippen LogP contribution in [0.4, 0.5) is 0 Å². The molecule has 1 atom stereocenters. The molecule has 2 rings (SSSR count). The van der Waals surface area contributed by atoms with Gasteiger partial charge in [-0.15, -0.1) is 0 Å². The van der Waals surface area contributed by atoms with E-state index in [1.807, 2.05) is 0 Å². The molecular weight excluding hydrogens is 222 g/mol. The zero-order valence-electron chi connectivity index (χ0n) is 11.2. The minimum absolute atomic E-state index is 0.514. The van der Waals surface area contributed by atoms with Gasteiger partial charge in [-0.3, -0.25) is 0 Å². The Labute approximate surface area is 111 Å². The van der Waals surface area contributed by atoms with Crippen molar-refractivity contribution in [3.05, 3.63) is 35.9 Å². The Morgan fingerprint density at radius 2 is 2.00 bits per heavy atom. The maximum atomic E-state index is 5.71. The maximum absolute atomic E-state index is 5.71. The summed E-state index contributed by atoms with van der Waals surface area (Å²) in [5, 5.41) is 3.52. The third-order valence-electron chi connectivity index (χ3n) is 3.58. The molecule has 1 aromatic rings. The number of nitrogens with one attached hydrogen (secondary N) is 1. The minimum atomic E-state index is 0.514. The summed E-state index contributed by atoms with van der Waals surface area (Å²) in [6.07, 6.45) is 7.93. The highest BCUT2D eigenvalue weighted by atomic mass is 16.5. The van der Waals surface area contributed by atoms with Crippen LogP contribution in [-0.4, -0.2) is 25.8 Å². The Kier molecular flexibility index (Phi) is 6.24. The molecule has 0 aromatic heterocycles. The Balaban J connectivity index is 1.46. The molecule has 0 spiro atoms. The summed E-state index contributed by atoms with van der Waals surface area (Å²) in [7, 11) is 0. The molecule has 1 fully saturated rings. The fourth-order valence-electron chi connectivity index (χ4n) is 2.49. The third-order valence-corrected chi connectivity index (χ3v) is 3.58. The molecule has 1 aliphatic heterocycles. The number of rotatable bonds is 7. The van der Waals surface area contributed by atoms with Gasteiger partial charge in [0.1, 0.15) is 0 Å². The van der Waals surface area contributed by atoms with E-state index in [0.29, 0.717) is 6.10 Å². The quantitative estimate of drug-likeness (QED) is 0.747. The van der Waals surface area contributed by atoms with Crippen molar-refractivity contribution < 1.29 is 4.74 Å². The largest absolute Gasteiger partial charge is 0.378 e. The average molecular weight is 247 g/mol. The lowest BCUT2D eigenvalue weighted by Gasteiger charge is -2.22. The Hall–Kier alpha value is -0.860. The van der Waals surface area contributed by atoms with Gasteiger partial charge in [-0.1, -0.05) is 30.3 Å². The van der Waals surface area contributed by atoms with E-state index in [1.165, 1.54) is 44.1 Å². The van der Waals surface area contributed by atoms with E-state index in [1.54, 1.807) is 0 Å². The first-order valence-corrected chi connectivity index (χ1v) is 7.31.